The summed E-state index contributed by atoms with van der Waals surface area (Å²) in [7, 11) is 0. The third-order valence-electron chi connectivity index (χ3n) is 12.8. The van der Waals surface area contributed by atoms with Gasteiger partial charge >= 0.3 is 0 Å². The molecular formula is C55H43NS. The molecule has 11 rings (SSSR count). The molecule has 0 saturated heterocycles. The van der Waals surface area contributed by atoms with Crippen LogP contribution in [0.25, 0.3) is 33.4 Å². The van der Waals surface area contributed by atoms with Gasteiger partial charge in [0.25, 0.3) is 0 Å². The van der Waals surface area contributed by atoms with Crippen molar-refractivity contribution in [2.24, 2.45) is 5.92 Å². The van der Waals surface area contributed by atoms with E-state index in [9.17, 15) is 0 Å². The molecule has 4 atom stereocenters. The highest BCUT2D eigenvalue weighted by atomic mass is 32.2. The summed E-state index contributed by atoms with van der Waals surface area (Å²) in [5.74, 6) is 0.844. The lowest BCUT2D eigenvalue weighted by Crippen LogP contribution is -2.37. The Hall–Kier alpha value is -6.09. The molecule has 2 heteroatoms. The molecule has 4 aliphatic rings. The van der Waals surface area contributed by atoms with Crippen molar-refractivity contribution in [3.63, 3.8) is 0 Å². The van der Waals surface area contributed by atoms with Crippen molar-refractivity contribution in [2.75, 3.05) is 4.90 Å². The molecule has 0 bridgehead atoms. The Balaban J connectivity index is 1.13. The Morgan fingerprint density at radius 3 is 1.75 bits per heavy atom. The first-order valence-corrected chi connectivity index (χ1v) is 21.3. The highest BCUT2D eigenvalue weighted by Gasteiger charge is 2.52. The standard InChI is InChI=1S/C55H43NS/c1-5-15-38(16-6-1)40-25-29-44(30-26-40)56(45-31-27-41(28-32-45)39-17-7-2-8-18-39)46-33-34-49-51(37-46)55(42-19-9-3-10-20-42,43-21-11-4-12-22-43)50-36-35-48-47-23-13-14-24-52(47)57-54(48)53(49)50/h1-11,13-20,23-37,43,47,52H,12,21-22H2. The van der Waals surface area contributed by atoms with Gasteiger partial charge in [0.05, 0.1) is 0 Å². The summed E-state index contributed by atoms with van der Waals surface area (Å²) in [6, 6.07) is 63.5. The lowest BCUT2D eigenvalue weighted by molar-refractivity contribution is 0.349. The summed E-state index contributed by atoms with van der Waals surface area (Å²) in [4.78, 5) is 3.94. The zero-order chi connectivity index (χ0) is 37.8. The van der Waals surface area contributed by atoms with Crippen molar-refractivity contribution in [3.05, 3.63) is 229 Å². The van der Waals surface area contributed by atoms with Gasteiger partial charge in [-0.3, -0.25) is 0 Å². The molecule has 3 aliphatic carbocycles. The molecule has 7 aromatic rings. The number of benzene rings is 7. The monoisotopic (exact) mass is 749 g/mol. The zero-order valence-electron chi connectivity index (χ0n) is 31.8. The average Bonchev–Trinajstić information content (AvgIpc) is 3.82. The van der Waals surface area contributed by atoms with Gasteiger partial charge < -0.3 is 4.90 Å². The van der Waals surface area contributed by atoms with E-state index in [-0.39, 0.29) is 5.41 Å². The maximum absolute atomic E-state index is 2.57. The van der Waals surface area contributed by atoms with E-state index in [0.717, 1.165) is 30.6 Å². The Bertz CT molecular complexity index is 2590. The molecule has 0 fully saturated rings. The molecule has 0 radical (unpaired) electrons. The fourth-order valence-corrected chi connectivity index (χ4v) is 11.8. The first-order chi connectivity index (χ1) is 28.3. The Morgan fingerprint density at radius 1 is 0.526 bits per heavy atom. The molecule has 0 amide bonds. The van der Waals surface area contributed by atoms with Crippen LogP contribution in [-0.4, -0.2) is 5.25 Å². The van der Waals surface area contributed by atoms with Crippen molar-refractivity contribution < 1.29 is 0 Å². The van der Waals surface area contributed by atoms with Crippen LogP contribution < -0.4 is 4.90 Å². The summed E-state index contributed by atoms with van der Waals surface area (Å²) >= 11 is 2.07. The molecule has 0 N–H and O–H groups in total. The Labute approximate surface area is 340 Å². The van der Waals surface area contributed by atoms with Gasteiger partial charge in [-0.25, -0.2) is 0 Å². The van der Waals surface area contributed by atoms with Crippen molar-refractivity contribution in [1.82, 2.24) is 0 Å². The van der Waals surface area contributed by atoms with Gasteiger partial charge in [0.1, 0.15) is 0 Å². The smallest absolute Gasteiger partial charge is 0.0495 e. The summed E-state index contributed by atoms with van der Waals surface area (Å²) in [5, 5.41) is 0.441. The van der Waals surface area contributed by atoms with Crippen molar-refractivity contribution in [2.45, 2.75) is 40.7 Å². The molecule has 1 heterocycles. The predicted octanol–water partition coefficient (Wildman–Crippen LogP) is 14.8. The van der Waals surface area contributed by atoms with Crippen LogP contribution in [0.2, 0.25) is 0 Å². The molecule has 274 valence electrons. The van der Waals surface area contributed by atoms with Crippen LogP contribution >= 0.6 is 11.8 Å². The van der Waals surface area contributed by atoms with Crippen LogP contribution in [0.4, 0.5) is 17.1 Å². The minimum Gasteiger partial charge on any atom is -0.310 e. The SMILES string of the molecule is C1=CC2Sc3c(ccc4c3-c3ccc(N(c5ccc(-c6ccccc6)cc5)c5ccc(-c6ccccc6)cc5)cc3C4(c3ccccc3)C3CC=CCC3)C2C=C1. The van der Waals surface area contributed by atoms with Gasteiger partial charge in [-0.05, 0) is 112 Å². The third-order valence-corrected chi connectivity index (χ3v) is 14.2. The van der Waals surface area contributed by atoms with E-state index in [1.165, 1.54) is 66.2 Å². The van der Waals surface area contributed by atoms with Gasteiger partial charge in [0, 0.05) is 44.1 Å². The number of nitrogens with zero attached hydrogens (tertiary/aromatic N) is 1. The van der Waals surface area contributed by atoms with Crippen molar-refractivity contribution in [1.29, 1.82) is 0 Å². The number of anilines is 3. The van der Waals surface area contributed by atoms with Crippen LogP contribution in [0.15, 0.2) is 211 Å². The number of hydrogen-bond donors (Lipinski definition) is 0. The van der Waals surface area contributed by atoms with E-state index < -0.39 is 0 Å². The van der Waals surface area contributed by atoms with Crippen LogP contribution in [-0.2, 0) is 5.41 Å². The quantitative estimate of drug-likeness (QED) is 0.149. The van der Waals surface area contributed by atoms with Gasteiger partial charge in [-0.15, -0.1) is 11.8 Å². The molecule has 0 spiro atoms. The van der Waals surface area contributed by atoms with Gasteiger partial charge in [-0.1, -0.05) is 170 Å². The fraction of sp³-hybridized carbons (Fsp3) is 0.127. The van der Waals surface area contributed by atoms with E-state index in [1.54, 1.807) is 0 Å². The zero-order valence-corrected chi connectivity index (χ0v) is 32.7. The number of thioether (sulfide) groups is 1. The molecule has 0 saturated carbocycles. The van der Waals surface area contributed by atoms with E-state index in [1.807, 2.05) is 0 Å². The van der Waals surface area contributed by atoms with E-state index in [0.29, 0.717) is 17.1 Å². The number of allylic oxidation sites excluding steroid dienone is 5. The van der Waals surface area contributed by atoms with Crippen LogP contribution in [0.3, 0.4) is 0 Å². The first-order valence-electron chi connectivity index (χ1n) is 20.4. The second kappa shape index (κ2) is 14.1. The van der Waals surface area contributed by atoms with Crippen LogP contribution in [0.1, 0.15) is 47.4 Å². The van der Waals surface area contributed by atoms with Crippen molar-refractivity contribution in [3.8, 4) is 33.4 Å². The lowest BCUT2D eigenvalue weighted by atomic mass is 9.61. The predicted molar refractivity (Wildman–Crippen MR) is 241 cm³/mol. The first kappa shape index (κ1) is 34.2. The average molecular weight is 750 g/mol. The maximum Gasteiger partial charge on any atom is 0.0495 e. The number of fused-ring (bicyclic) bond motifs is 7. The molecular weight excluding hydrogens is 707 g/mol. The molecule has 1 nitrogen and oxygen atoms in total. The highest BCUT2D eigenvalue weighted by Crippen LogP contribution is 2.64. The van der Waals surface area contributed by atoms with Crippen molar-refractivity contribution >= 4 is 28.8 Å². The highest BCUT2D eigenvalue weighted by molar-refractivity contribution is 8.00. The van der Waals surface area contributed by atoms with E-state index in [2.05, 4.69) is 223 Å². The summed E-state index contributed by atoms with van der Waals surface area (Å²) in [6.07, 6.45) is 17.4. The van der Waals surface area contributed by atoms with Gasteiger partial charge in [-0.2, -0.15) is 0 Å². The lowest BCUT2D eigenvalue weighted by Gasteiger charge is -2.42. The second-order valence-electron chi connectivity index (χ2n) is 15.8. The Morgan fingerprint density at radius 2 is 1.12 bits per heavy atom. The molecule has 4 unspecified atom stereocenters. The number of rotatable bonds is 7. The third kappa shape index (κ3) is 5.61. The van der Waals surface area contributed by atoms with E-state index in [4.69, 9.17) is 0 Å². The molecule has 57 heavy (non-hydrogen) atoms. The summed E-state index contributed by atoms with van der Waals surface area (Å²) in [6.45, 7) is 0. The summed E-state index contributed by atoms with van der Waals surface area (Å²) < 4.78 is 0. The van der Waals surface area contributed by atoms with Gasteiger partial charge in [0.15, 0.2) is 0 Å². The van der Waals surface area contributed by atoms with Crippen LogP contribution in [0, 0.1) is 5.92 Å². The van der Waals surface area contributed by atoms with Gasteiger partial charge in [0.2, 0.25) is 0 Å². The normalized spacial score (nSPS) is 21.1. The van der Waals surface area contributed by atoms with E-state index >= 15 is 0 Å². The molecule has 1 aliphatic heterocycles. The number of hydrogen-bond acceptors (Lipinski definition) is 2. The molecule has 0 aromatic heterocycles. The minimum absolute atomic E-state index is 0.290. The molecule has 7 aromatic carbocycles. The fourth-order valence-electron chi connectivity index (χ4n) is 10.2. The Kier molecular flexibility index (Phi) is 8.48. The minimum atomic E-state index is -0.290. The second-order valence-corrected chi connectivity index (χ2v) is 17.0. The summed E-state index contributed by atoms with van der Waals surface area (Å²) in [5.41, 5.74) is 16.7. The maximum atomic E-state index is 2.57. The largest absolute Gasteiger partial charge is 0.310 e. The topological polar surface area (TPSA) is 3.24 Å². The van der Waals surface area contributed by atoms with Crippen LogP contribution in [0.5, 0.6) is 0 Å².